The van der Waals surface area contributed by atoms with Crippen LogP contribution in [0.1, 0.15) is 56.0 Å². The van der Waals surface area contributed by atoms with E-state index in [-0.39, 0.29) is 42.0 Å². The molecule has 3 N–H and O–H groups in total. The minimum Gasteiger partial charge on any atom is -0.379 e. The average Bonchev–Trinajstić information content (AvgIpc) is 3.25. The highest BCUT2D eigenvalue weighted by Crippen LogP contribution is 2.09. The monoisotopic (exact) mass is 532 g/mol. The first-order chi connectivity index (χ1) is 14.1. The number of nitrogens with one attached hydrogen (secondary N) is 3. The van der Waals surface area contributed by atoms with Crippen LogP contribution in [0.5, 0.6) is 0 Å². The molecule has 2 rings (SSSR count). The molecule has 1 aliphatic heterocycles. The van der Waals surface area contributed by atoms with Crippen LogP contribution < -0.4 is 16.0 Å². The van der Waals surface area contributed by atoms with Gasteiger partial charge in [-0.05, 0) is 50.8 Å². The van der Waals surface area contributed by atoms with Crippen LogP contribution in [0.15, 0.2) is 29.3 Å². The molecule has 0 bridgehead atoms. The fourth-order valence-corrected chi connectivity index (χ4v) is 2.91. The zero-order chi connectivity index (χ0) is 20.9. The summed E-state index contributed by atoms with van der Waals surface area (Å²) in [5.74, 6) is 0.731. The first-order valence-corrected chi connectivity index (χ1v) is 10.7. The number of aliphatic imine (C=N–C) groups is 1. The van der Waals surface area contributed by atoms with Gasteiger partial charge in [0.1, 0.15) is 0 Å². The van der Waals surface area contributed by atoms with Crippen LogP contribution in [0.25, 0.3) is 0 Å². The van der Waals surface area contributed by atoms with Gasteiger partial charge in [0.05, 0.1) is 19.3 Å². The van der Waals surface area contributed by atoms with Crippen molar-refractivity contribution < 1.29 is 14.3 Å². The van der Waals surface area contributed by atoms with Gasteiger partial charge in [-0.1, -0.05) is 19.1 Å². The molecule has 8 heteroatoms. The molecule has 2 unspecified atom stereocenters. The standard InChI is InChI=1S/C22H36N4O3.HI/c1-4-17(3)26-21(27)19-9-6-8-18(14-19)15-25-22(23-5-2)24-11-7-12-29-20-10-13-28-16-20;/h6,8-9,14,17,20H,4-5,7,10-13,15-16H2,1-3H3,(H,26,27)(H2,23,24,25);1H. The van der Waals surface area contributed by atoms with Crippen LogP contribution in [-0.2, 0) is 16.0 Å². The van der Waals surface area contributed by atoms with Crippen molar-refractivity contribution in [3.8, 4) is 0 Å². The third kappa shape index (κ3) is 10.1. The molecule has 0 radical (unpaired) electrons. The molecule has 1 amide bonds. The summed E-state index contributed by atoms with van der Waals surface area (Å²) in [6.07, 6.45) is 3.06. The minimum absolute atomic E-state index is 0. The second-order valence-electron chi connectivity index (χ2n) is 7.32. The number of guanidine groups is 1. The Bertz CT molecular complexity index is 651. The van der Waals surface area contributed by atoms with Crippen molar-refractivity contribution in [2.45, 2.75) is 58.7 Å². The molecule has 1 saturated heterocycles. The van der Waals surface area contributed by atoms with E-state index in [4.69, 9.17) is 9.47 Å². The molecule has 30 heavy (non-hydrogen) atoms. The average molecular weight is 532 g/mol. The zero-order valence-corrected chi connectivity index (χ0v) is 20.7. The lowest BCUT2D eigenvalue weighted by atomic mass is 10.1. The number of nitrogens with zero attached hydrogens (tertiary/aromatic N) is 1. The summed E-state index contributed by atoms with van der Waals surface area (Å²) in [7, 11) is 0. The van der Waals surface area contributed by atoms with Gasteiger partial charge in [-0.25, -0.2) is 4.99 Å². The third-order valence-electron chi connectivity index (χ3n) is 4.80. The van der Waals surface area contributed by atoms with E-state index in [1.54, 1.807) is 0 Å². The van der Waals surface area contributed by atoms with E-state index in [1.165, 1.54) is 0 Å². The number of benzene rings is 1. The van der Waals surface area contributed by atoms with E-state index >= 15 is 0 Å². The molecule has 0 saturated carbocycles. The topological polar surface area (TPSA) is 84.0 Å². The maximum absolute atomic E-state index is 12.3. The molecule has 1 fully saturated rings. The Morgan fingerprint density at radius 2 is 2.17 bits per heavy atom. The largest absolute Gasteiger partial charge is 0.379 e. The maximum Gasteiger partial charge on any atom is 0.251 e. The number of carbonyl (C=O) groups excluding carboxylic acids is 1. The normalized spacial score (nSPS) is 17.2. The first-order valence-electron chi connectivity index (χ1n) is 10.7. The van der Waals surface area contributed by atoms with Crippen molar-refractivity contribution in [3.05, 3.63) is 35.4 Å². The van der Waals surface area contributed by atoms with Crippen LogP contribution >= 0.6 is 24.0 Å². The molecule has 170 valence electrons. The molecule has 1 aromatic carbocycles. The van der Waals surface area contributed by atoms with Crippen molar-refractivity contribution in [1.82, 2.24) is 16.0 Å². The number of amides is 1. The number of hydrogen-bond acceptors (Lipinski definition) is 4. The third-order valence-corrected chi connectivity index (χ3v) is 4.80. The second-order valence-corrected chi connectivity index (χ2v) is 7.32. The SMILES string of the molecule is CCNC(=NCc1cccc(C(=O)NC(C)CC)c1)NCCCOC1CCOC1.I. The van der Waals surface area contributed by atoms with Crippen LogP contribution in [0.4, 0.5) is 0 Å². The summed E-state index contributed by atoms with van der Waals surface area (Å²) in [5, 5.41) is 9.59. The predicted molar refractivity (Wildman–Crippen MR) is 132 cm³/mol. The van der Waals surface area contributed by atoms with Gasteiger partial charge in [0, 0.05) is 37.9 Å². The second kappa shape index (κ2) is 15.4. The molecule has 0 aromatic heterocycles. The van der Waals surface area contributed by atoms with E-state index < -0.39 is 0 Å². The van der Waals surface area contributed by atoms with Crippen LogP contribution in [0, 0.1) is 0 Å². The lowest BCUT2D eigenvalue weighted by molar-refractivity contribution is 0.0420. The van der Waals surface area contributed by atoms with Gasteiger partial charge in [0.15, 0.2) is 5.96 Å². The number of carbonyl (C=O) groups is 1. The highest BCUT2D eigenvalue weighted by atomic mass is 127. The van der Waals surface area contributed by atoms with E-state index in [1.807, 2.05) is 38.1 Å². The molecular weight excluding hydrogens is 495 g/mol. The van der Waals surface area contributed by atoms with Gasteiger partial charge in [0.25, 0.3) is 5.91 Å². The summed E-state index contributed by atoms with van der Waals surface area (Å²) in [4.78, 5) is 17.0. The first kappa shape index (κ1) is 26.6. The fraction of sp³-hybridized carbons (Fsp3) is 0.636. The van der Waals surface area contributed by atoms with E-state index in [0.29, 0.717) is 25.3 Å². The summed E-state index contributed by atoms with van der Waals surface area (Å²) in [6, 6.07) is 7.80. The van der Waals surface area contributed by atoms with Gasteiger partial charge in [-0.15, -0.1) is 24.0 Å². The van der Waals surface area contributed by atoms with Crippen LogP contribution in [0.3, 0.4) is 0 Å². The Hall–Kier alpha value is -1.39. The molecule has 7 nitrogen and oxygen atoms in total. The molecule has 0 spiro atoms. The molecule has 2 atom stereocenters. The smallest absolute Gasteiger partial charge is 0.251 e. The number of rotatable bonds is 11. The van der Waals surface area contributed by atoms with Gasteiger partial charge in [-0.3, -0.25) is 4.79 Å². The lowest BCUT2D eigenvalue weighted by Gasteiger charge is -2.13. The van der Waals surface area contributed by atoms with Crippen molar-refractivity contribution in [1.29, 1.82) is 0 Å². The van der Waals surface area contributed by atoms with Gasteiger partial charge >= 0.3 is 0 Å². The van der Waals surface area contributed by atoms with E-state index in [0.717, 1.165) is 50.5 Å². The summed E-state index contributed by atoms with van der Waals surface area (Å²) in [5.41, 5.74) is 1.67. The van der Waals surface area contributed by atoms with Gasteiger partial charge in [-0.2, -0.15) is 0 Å². The van der Waals surface area contributed by atoms with E-state index in [2.05, 4.69) is 27.9 Å². The molecule has 1 aliphatic rings. The molecule has 1 aromatic rings. The minimum atomic E-state index is -0.0390. The van der Waals surface area contributed by atoms with Crippen molar-refractivity contribution in [2.24, 2.45) is 4.99 Å². The fourth-order valence-electron chi connectivity index (χ4n) is 2.91. The Labute approximate surface area is 197 Å². The van der Waals surface area contributed by atoms with Gasteiger partial charge in [0.2, 0.25) is 0 Å². The highest BCUT2D eigenvalue weighted by molar-refractivity contribution is 14.0. The van der Waals surface area contributed by atoms with E-state index in [9.17, 15) is 4.79 Å². The summed E-state index contributed by atoms with van der Waals surface area (Å²) in [6.45, 7) is 10.4. The van der Waals surface area contributed by atoms with Gasteiger partial charge < -0.3 is 25.4 Å². The summed E-state index contributed by atoms with van der Waals surface area (Å²) >= 11 is 0. The number of hydrogen-bond donors (Lipinski definition) is 3. The quantitative estimate of drug-likeness (QED) is 0.177. The maximum atomic E-state index is 12.3. The summed E-state index contributed by atoms with van der Waals surface area (Å²) < 4.78 is 11.1. The van der Waals surface area contributed by atoms with Crippen LogP contribution in [-0.4, -0.2) is 56.9 Å². The molecule has 1 heterocycles. The Morgan fingerprint density at radius 1 is 1.33 bits per heavy atom. The Kier molecular flexibility index (Phi) is 13.7. The Balaban J connectivity index is 0.00000450. The predicted octanol–water partition coefficient (Wildman–Crippen LogP) is 3.08. The molecule has 0 aliphatic carbocycles. The number of halogens is 1. The van der Waals surface area contributed by atoms with Crippen molar-refractivity contribution >= 4 is 35.8 Å². The zero-order valence-electron chi connectivity index (χ0n) is 18.4. The molecular formula is C22H37IN4O3. The Morgan fingerprint density at radius 3 is 2.87 bits per heavy atom. The lowest BCUT2D eigenvalue weighted by Crippen LogP contribution is -2.38. The highest BCUT2D eigenvalue weighted by Gasteiger charge is 2.15. The van der Waals surface area contributed by atoms with Crippen molar-refractivity contribution in [2.75, 3.05) is 32.9 Å². The number of ether oxygens (including phenoxy) is 2. The van der Waals surface area contributed by atoms with Crippen LogP contribution in [0.2, 0.25) is 0 Å². The van der Waals surface area contributed by atoms with Crippen molar-refractivity contribution in [3.63, 3.8) is 0 Å².